The fraction of sp³-hybridized carbons (Fsp3) is 0.538. The number of rotatable bonds is 4. The lowest BCUT2D eigenvalue weighted by Gasteiger charge is -2.21. The highest BCUT2D eigenvalue weighted by molar-refractivity contribution is 7.99. The van der Waals surface area contributed by atoms with E-state index < -0.39 is 0 Å². The molecule has 0 bridgehead atoms. The van der Waals surface area contributed by atoms with Gasteiger partial charge in [0.05, 0.1) is 0 Å². The molecule has 0 spiro atoms. The van der Waals surface area contributed by atoms with Gasteiger partial charge >= 0.3 is 0 Å². The minimum Gasteiger partial charge on any atom is -0.383 e. The molecule has 0 amide bonds. The lowest BCUT2D eigenvalue weighted by atomic mass is 9.96. The second-order valence-corrected chi connectivity index (χ2v) is 5.33. The summed E-state index contributed by atoms with van der Waals surface area (Å²) in [7, 11) is 2.03. The molecule has 0 saturated heterocycles. The molecule has 1 aliphatic rings. The number of anilines is 1. The predicted molar refractivity (Wildman–Crippen MR) is 72.6 cm³/mol. The van der Waals surface area contributed by atoms with E-state index in [4.69, 9.17) is 0 Å². The van der Waals surface area contributed by atoms with E-state index in [1.807, 2.05) is 18.8 Å². The molecule has 0 fully saturated rings. The second-order valence-electron chi connectivity index (χ2n) is 4.19. The van der Waals surface area contributed by atoms with Gasteiger partial charge in [0.2, 0.25) is 0 Å². The maximum absolute atomic E-state index is 3.44. The number of fused-ring (bicyclic) bond motifs is 1. The lowest BCUT2D eigenvalue weighted by molar-refractivity contribution is 0.611. The number of hydrogen-bond donors (Lipinski definition) is 2. The highest BCUT2D eigenvalue weighted by atomic mass is 32.2. The zero-order chi connectivity index (χ0) is 11.4. The summed E-state index contributed by atoms with van der Waals surface area (Å²) >= 11 is 1.97. The van der Waals surface area contributed by atoms with Crippen LogP contribution in [0.1, 0.15) is 24.8 Å². The van der Waals surface area contributed by atoms with Crippen molar-refractivity contribution in [1.82, 2.24) is 5.32 Å². The van der Waals surface area contributed by atoms with Gasteiger partial charge in [-0.3, -0.25) is 0 Å². The summed E-state index contributed by atoms with van der Waals surface area (Å²) in [4.78, 5) is 1.42. The van der Waals surface area contributed by atoms with Crippen LogP contribution in [-0.2, 0) is 0 Å². The SMILES string of the molecule is CCC(CNC)c1ccc2c(c1)SCCN2. The molecule has 16 heavy (non-hydrogen) atoms. The highest BCUT2D eigenvalue weighted by Crippen LogP contribution is 2.33. The third-order valence-electron chi connectivity index (χ3n) is 3.10. The Bertz CT molecular complexity index is 352. The first-order valence-corrected chi connectivity index (χ1v) is 6.99. The molecular formula is C13H20N2S. The minimum absolute atomic E-state index is 0.637. The number of nitrogens with one attached hydrogen (secondary N) is 2. The van der Waals surface area contributed by atoms with Gasteiger partial charge in [-0.1, -0.05) is 13.0 Å². The Hall–Kier alpha value is -0.670. The van der Waals surface area contributed by atoms with Crippen LogP contribution >= 0.6 is 11.8 Å². The van der Waals surface area contributed by atoms with Gasteiger partial charge < -0.3 is 10.6 Å². The molecular weight excluding hydrogens is 216 g/mol. The molecule has 3 heteroatoms. The van der Waals surface area contributed by atoms with Crippen LogP contribution in [0.15, 0.2) is 23.1 Å². The van der Waals surface area contributed by atoms with E-state index >= 15 is 0 Å². The molecule has 2 rings (SSSR count). The Kier molecular flexibility index (Phi) is 4.13. The molecule has 0 aliphatic carbocycles. The van der Waals surface area contributed by atoms with E-state index in [2.05, 4.69) is 35.8 Å². The Morgan fingerprint density at radius 3 is 3.12 bits per heavy atom. The molecule has 0 saturated carbocycles. The Morgan fingerprint density at radius 2 is 2.38 bits per heavy atom. The molecule has 0 radical (unpaired) electrons. The Balaban J connectivity index is 2.21. The first kappa shape index (κ1) is 11.8. The summed E-state index contributed by atoms with van der Waals surface area (Å²) in [5.41, 5.74) is 2.77. The summed E-state index contributed by atoms with van der Waals surface area (Å²) in [6.07, 6.45) is 1.19. The normalized spacial score (nSPS) is 16.4. The Labute approximate surface area is 102 Å². The Morgan fingerprint density at radius 1 is 1.50 bits per heavy atom. The van der Waals surface area contributed by atoms with Crippen LogP contribution < -0.4 is 10.6 Å². The molecule has 0 aromatic heterocycles. The van der Waals surface area contributed by atoms with Crippen molar-refractivity contribution in [3.8, 4) is 0 Å². The molecule has 1 atom stereocenters. The third kappa shape index (κ3) is 2.53. The molecule has 2 nitrogen and oxygen atoms in total. The van der Waals surface area contributed by atoms with Crippen LogP contribution in [-0.4, -0.2) is 25.9 Å². The van der Waals surface area contributed by atoms with Gasteiger partial charge in [0, 0.05) is 29.4 Å². The van der Waals surface area contributed by atoms with Crippen molar-refractivity contribution < 1.29 is 0 Å². The van der Waals surface area contributed by atoms with E-state index in [-0.39, 0.29) is 0 Å². The summed E-state index contributed by atoms with van der Waals surface area (Å²) < 4.78 is 0. The van der Waals surface area contributed by atoms with Crippen molar-refractivity contribution in [1.29, 1.82) is 0 Å². The summed E-state index contributed by atoms with van der Waals surface area (Å²) in [6.45, 7) is 4.41. The fourth-order valence-corrected chi connectivity index (χ4v) is 3.09. The van der Waals surface area contributed by atoms with Crippen molar-refractivity contribution in [2.24, 2.45) is 0 Å². The van der Waals surface area contributed by atoms with Crippen molar-refractivity contribution in [3.05, 3.63) is 23.8 Å². The molecule has 2 N–H and O–H groups in total. The van der Waals surface area contributed by atoms with Crippen LogP contribution in [0.5, 0.6) is 0 Å². The van der Waals surface area contributed by atoms with Crippen molar-refractivity contribution in [2.75, 3.05) is 31.2 Å². The molecule has 1 aromatic carbocycles. The second kappa shape index (κ2) is 5.60. The van der Waals surface area contributed by atoms with Gasteiger partial charge in [0.25, 0.3) is 0 Å². The van der Waals surface area contributed by atoms with Crippen LogP contribution in [0.25, 0.3) is 0 Å². The van der Waals surface area contributed by atoms with Crippen LogP contribution in [0.2, 0.25) is 0 Å². The lowest BCUT2D eigenvalue weighted by Crippen LogP contribution is -2.17. The molecule has 1 heterocycles. The van der Waals surface area contributed by atoms with Gasteiger partial charge in [0.1, 0.15) is 0 Å². The van der Waals surface area contributed by atoms with Gasteiger partial charge in [-0.05, 0) is 37.1 Å². The van der Waals surface area contributed by atoms with Gasteiger partial charge in [-0.15, -0.1) is 11.8 Å². The van der Waals surface area contributed by atoms with E-state index in [0.29, 0.717) is 5.92 Å². The van der Waals surface area contributed by atoms with Gasteiger partial charge in [0.15, 0.2) is 0 Å². The van der Waals surface area contributed by atoms with E-state index in [1.165, 1.54) is 28.3 Å². The minimum atomic E-state index is 0.637. The number of benzene rings is 1. The summed E-state index contributed by atoms with van der Waals surface area (Å²) in [5, 5.41) is 6.72. The van der Waals surface area contributed by atoms with E-state index in [9.17, 15) is 0 Å². The third-order valence-corrected chi connectivity index (χ3v) is 4.15. The first-order valence-electron chi connectivity index (χ1n) is 6.00. The molecule has 88 valence electrons. The fourth-order valence-electron chi connectivity index (χ4n) is 2.15. The van der Waals surface area contributed by atoms with Crippen molar-refractivity contribution >= 4 is 17.4 Å². The van der Waals surface area contributed by atoms with Crippen LogP contribution in [0.4, 0.5) is 5.69 Å². The number of likely N-dealkylation sites (N-methyl/N-ethyl adjacent to an activating group) is 1. The molecule has 1 aromatic rings. The highest BCUT2D eigenvalue weighted by Gasteiger charge is 2.13. The summed E-state index contributed by atoms with van der Waals surface area (Å²) in [6, 6.07) is 6.86. The topological polar surface area (TPSA) is 24.1 Å². The zero-order valence-corrected chi connectivity index (χ0v) is 10.9. The average Bonchev–Trinajstić information content (AvgIpc) is 2.35. The molecule has 1 aliphatic heterocycles. The number of hydrogen-bond acceptors (Lipinski definition) is 3. The number of thioether (sulfide) groups is 1. The summed E-state index contributed by atoms with van der Waals surface area (Å²) in [5.74, 6) is 1.82. The maximum Gasteiger partial charge on any atom is 0.0478 e. The van der Waals surface area contributed by atoms with Crippen LogP contribution in [0.3, 0.4) is 0 Å². The predicted octanol–water partition coefficient (Wildman–Crippen LogP) is 2.92. The maximum atomic E-state index is 3.44. The standard InChI is InChI=1S/C13H20N2S/c1-3-10(9-14-2)11-4-5-12-13(8-11)16-7-6-15-12/h4-5,8,10,14-15H,3,6-7,9H2,1-2H3. The first-order chi connectivity index (χ1) is 7.85. The quantitative estimate of drug-likeness (QED) is 0.840. The van der Waals surface area contributed by atoms with Crippen LogP contribution in [0, 0.1) is 0 Å². The largest absolute Gasteiger partial charge is 0.383 e. The van der Waals surface area contributed by atoms with E-state index in [1.54, 1.807) is 0 Å². The van der Waals surface area contributed by atoms with Gasteiger partial charge in [-0.25, -0.2) is 0 Å². The van der Waals surface area contributed by atoms with Gasteiger partial charge in [-0.2, -0.15) is 0 Å². The smallest absolute Gasteiger partial charge is 0.0478 e. The van der Waals surface area contributed by atoms with Crippen molar-refractivity contribution in [2.45, 2.75) is 24.2 Å². The zero-order valence-electron chi connectivity index (χ0n) is 10.0. The average molecular weight is 236 g/mol. The molecule has 1 unspecified atom stereocenters. The monoisotopic (exact) mass is 236 g/mol. The van der Waals surface area contributed by atoms with E-state index in [0.717, 1.165) is 13.1 Å². The van der Waals surface area contributed by atoms with Crippen molar-refractivity contribution in [3.63, 3.8) is 0 Å².